The molecule has 3 heteroatoms. The molecule has 3 nitrogen and oxygen atoms in total. The SMILES string of the molecule is COc1ccc(-c2cc(OC)ccc2-c2ccccn2)cc1. The fourth-order valence-electron chi connectivity index (χ4n) is 2.41. The van der Waals surface area contributed by atoms with E-state index in [2.05, 4.69) is 4.98 Å². The molecule has 0 radical (unpaired) electrons. The highest BCUT2D eigenvalue weighted by Crippen LogP contribution is 2.34. The zero-order valence-corrected chi connectivity index (χ0v) is 12.6. The van der Waals surface area contributed by atoms with Crippen molar-refractivity contribution in [1.82, 2.24) is 4.98 Å². The summed E-state index contributed by atoms with van der Waals surface area (Å²) in [7, 11) is 3.34. The maximum absolute atomic E-state index is 5.37. The minimum atomic E-state index is 0.825. The number of hydrogen-bond acceptors (Lipinski definition) is 3. The standard InChI is InChI=1S/C19H17NO2/c1-21-15-8-6-14(7-9-15)18-13-16(22-2)10-11-17(18)19-5-3-4-12-20-19/h3-13H,1-2H3. The molecule has 0 aliphatic heterocycles. The van der Waals surface area contributed by atoms with Crippen molar-refractivity contribution in [3.63, 3.8) is 0 Å². The zero-order chi connectivity index (χ0) is 15.4. The maximum atomic E-state index is 5.37. The van der Waals surface area contributed by atoms with Crippen LogP contribution in [-0.2, 0) is 0 Å². The molecule has 0 N–H and O–H groups in total. The van der Waals surface area contributed by atoms with Crippen molar-refractivity contribution in [2.75, 3.05) is 14.2 Å². The second-order valence-corrected chi connectivity index (χ2v) is 4.85. The number of nitrogens with zero attached hydrogens (tertiary/aromatic N) is 1. The summed E-state index contributed by atoms with van der Waals surface area (Å²) in [5, 5.41) is 0. The molecule has 0 amide bonds. The van der Waals surface area contributed by atoms with E-state index in [1.165, 1.54) is 0 Å². The Bertz CT molecular complexity index is 752. The largest absolute Gasteiger partial charge is 0.497 e. The fourth-order valence-corrected chi connectivity index (χ4v) is 2.41. The van der Waals surface area contributed by atoms with Crippen molar-refractivity contribution in [3.8, 4) is 33.9 Å². The van der Waals surface area contributed by atoms with Crippen LogP contribution in [0.15, 0.2) is 66.9 Å². The number of ether oxygens (including phenoxy) is 2. The smallest absolute Gasteiger partial charge is 0.119 e. The summed E-state index contributed by atoms with van der Waals surface area (Å²) in [4.78, 5) is 4.46. The van der Waals surface area contributed by atoms with Gasteiger partial charge in [-0.1, -0.05) is 18.2 Å². The summed E-state index contributed by atoms with van der Waals surface area (Å²) >= 11 is 0. The van der Waals surface area contributed by atoms with Crippen LogP contribution in [0.4, 0.5) is 0 Å². The van der Waals surface area contributed by atoms with Gasteiger partial charge in [0.05, 0.1) is 19.9 Å². The highest BCUT2D eigenvalue weighted by Gasteiger charge is 2.10. The van der Waals surface area contributed by atoms with E-state index in [0.717, 1.165) is 33.9 Å². The molecule has 1 aromatic heterocycles. The molecule has 0 bridgehead atoms. The number of aromatic nitrogens is 1. The number of hydrogen-bond donors (Lipinski definition) is 0. The van der Waals surface area contributed by atoms with E-state index >= 15 is 0 Å². The van der Waals surface area contributed by atoms with Crippen LogP contribution in [0, 0.1) is 0 Å². The molecule has 0 spiro atoms. The summed E-state index contributed by atoms with van der Waals surface area (Å²) < 4.78 is 10.6. The molecule has 3 aromatic rings. The molecule has 22 heavy (non-hydrogen) atoms. The highest BCUT2D eigenvalue weighted by molar-refractivity contribution is 5.83. The molecule has 0 aliphatic carbocycles. The van der Waals surface area contributed by atoms with E-state index < -0.39 is 0 Å². The van der Waals surface area contributed by atoms with Crippen LogP contribution in [-0.4, -0.2) is 19.2 Å². The zero-order valence-electron chi connectivity index (χ0n) is 12.6. The summed E-state index contributed by atoms with van der Waals surface area (Å²) in [6.07, 6.45) is 1.80. The monoisotopic (exact) mass is 291 g/mol. The maximum Gasteiger partial charge on any atom is 0.119 e. The molecule has 0 saturated heterocycles. The summed E-state index contributed by atoms with van der Waals surface area (Å²) in [6.45, 7) is 0. The first kappa shape index (κ1) is 14.1. The lowest BCUT2D eigenvalue weighted by molar-refractivity contribution is 0.414. The molecule has 0 atom stereocenters. The number of methoxy groups -OCH3 is 2. The summed E-state index contributed by atoms with van der Waals surface area (Å²) in [6, 6.07) is 19.9. The number of rotatable bonds is 4. The van der Waals surface area contributed by atoms with Crippen molar-refractivity contribution < 1.29 is 9.47 Å². The lowest BCUT2D eigenvalue weighted by Crippen LogP contribution is -1.90. The Kier molecular flexibility index (Phi) is 4.05. The number of benzene rings is 2. The minimum Gasteiger partial charge on any atom is -0.497 e. The minimum absolute atomic E-state index is 0.825. The summed E-state index contributed by atoms with van der Waals surface area (Å²) in [5.74, 6) is 1.66. The van der Waals surface area contributed by atoms with Crippen molar-refractivity contribution in [3.05, 3.63) is 66.9 Å². The van der Waals surface area contributed by atoms with Crippen molar-refractivity contribution in [1.29, 1.82) is 0 Å². The van der Waals surface area contributed by atoms with Gasteiger partial charge in [-0.25, -0.2) is 0 Å². The van der Waals surface area contributed by atoms with Crippen molar-refractivity contribution >= 4 is 0 Å². The molecule has 0 aliphatic rings. The predicted octanol–water partition coefficient (Wildman–Crippen LogP) is 4.43. The summed E-state index contributed by atoms with van der Waals surface area (Å²) in [5.41, 5.74) is 4.20. The Morgan fingerprint density at radius 1 is 0.727 bits per heavy atom. The van der Waals surface area contributed by atoms with Crippen LogP contribution in [0.3, 0.4) is 0 Å². The Morgan fingerprint density at radius 2 is 1.45 bits per heavy atom. The predicted molar refractivity (Wildman–Crippen MR) is 88.2 cm³/mol. The van der Waals surface area contributed by atoms with E-state index in [1.54, 1.807) is 20.4 Å². The Labute approximate surface area is 130 Å². The number of pyridine rings is 1. The van der Waals surface area contributed by atoms with Gasteiger partial charge in [-0.2, -0.15) is 0 Å². The van der Waals surface area contributed by atoms with Crippen LogP contribution in [0.25, 0.3) is 22.4 Å². The molecular weight excluding hydrogens is 274 g/mol. The Balaban J connectivity index is 2.14. The van der Waals surface area contributed by atoms with Crippen LogP contribution in [0.1, 0.15) is 0 Å². The topological polar surface area (TPSA) is 31.4 Å². The van der Waals surface area contributed by atoms with E-state index in [1.807, 2.05) is 60.7 Å². The van der Waals surface area contributed by atoms with Gasteiger partial charge in [0.25, 0.3) is 0 Å². The third-order valence-corrected chi connectivity index (χ3v) is 3.57. The first-order valence-electron chi connectivity index (χ1n) is 7.05. The lowest BCUT2D eigenvalue weighted by Gasteiger charge is -2.12. The van der Waals surface area contributed by atoms with E-state index in [9.17, 15) is 0 Å². The first-order valence-corrected chi connectivity index (χ1v) is 7.05. The molecule has 2 aromatic carbocycles. The highest BCUT2D eigenvalue weighted by atomic mass is 16.5. The van der Waals surface area contributed by atoms with Crippen molar-refractivity contribution in [2.45, 2.75) is 0 Å². The van der Waals surface area contributed by atoms with Gasteiger partial charge in [0.1, 0.15) is 11.5 Å². The van der Waals surface area contributed by atoms with Crippen LogP contribution in [0.5, 0.6) is 11.5 Å². The molecule has 0 saturated carbocycles. The lowest BCUT2D eigenvalue weighted by atomic mass is 9.97. The quantitative estimate of drug-likeness (QED) is 0.712. The first-order chi connectivity index (χ1) is 10.8. The average molecular weight is 291 g/mol. The van der Waals surface area contributed by atoms with Gasteiger partial charge >= 0.3 is 0 Å². The molecule has 0 fully saturated rings. The average Bonchev–Trinajstić information content (AvgIpc) is 2.62. The van der Waals surface area contributed by atoms with E-state index in [4.69, 9.17) is 9.47 Å². The van der Waals surface area contributed by atoms with Gasteiger partial charge in [-0.05, 0) is 53.6 Å². The molecule has 0 unspecified atom stereocenters. The van der Waals surface area contributed by atoms with Gasteiger partial charge in [-0.15, -0.1) is 0 Å². The third kappa shape index (κ3) is 2.79. The van der Waals surface area contributed by atoms with Gasteiger partial charge in [0.15, 0.2) is 0 Å². The van der Waals surface area contributed by atoms with Gasteiger partial charge < -0.3 is 9.47 Å². The fraction of sp³-hybridized carbons (Fsp3) is 0.105. The molecular formula is C19H17NO2. The normalized spacial score (nSPS) is 10.3. The van der Waals surface area contributed by atoms with Gasteiger partial charge in [0.2, 0.25) is 0 Å². The van der Waals surface area contributed by atoms with Crippen LogP contribution >= 0.6 is 0 Å². The molecule has 110 valence electrons. The van der Waals surface area contributed by atoms with Gasteiger partial charge in [0, 0.05) is 11.8 Å². The Hall–Kier alpha value is -2.81. The van der Waals surface area contributed by atoms with Crippen molar-refractivity contribution in [2.24, 2.45) is 0 Å². The Morgan fingerprint density at radius 3 is 2.09 bits per heavy atom. The third-order valence-electron chi connectivity index (χ3n) is 3.57. The molecule has 3 rings (SSSR count). The van der Waals surface area contributed by atoms with Gasteiger partial charge in [-0.3, -0.25) is 4.98 Å². The van der Waals surface area contributed by atoms with Crippen LogP contribution in [0.2, 0.25) is 0 Å². The van der Waals surface area contributed by atoms with E-state index in [0.29, 0.717) is 0 Å². The second kappa shape index (κ2) is 6.31. The molecule has 1 heterocycles. The second-order valence-electron chi connectivity index (χ2n) is 4.85. The van der Waals surface area contributed by atoms with Crippen LogP contribution < -0.4 is 9.47 Å². The van der Waals surface area contributed by atoms with E-state index in [-0.39, 0.29) is 0 Å².